The van der Waals surface area contributed by atoms with Crippen LogP contribution < -0.4 is 0 Å². The van der Waals surface area contributed by atoms with Gasteiger partial charge in [-0.15, -0.1) is 0 Å². The zero-order chi connectivity index (χ0) is 14.8. The van der Waals surface area contributed by atoms with Crippen LogP contribution in [0.4, 0.5) is 4.39 Å². The summed E-state index contributed by atoms with van der Waals surface area (Å²) in [6.45, 7) is 0.187. The number of hydrogen-bond donors (Lipinski definition) is 1. The van der Waals surface area contributed by atoms with Crippen LogP contribution in [0.25, 0.3) is 0 Å². The highest BCUT2D eigenvalue weighted by Crippen LogP contribution is 2.20. The number of morpholine rings is 1. The number of halogens is 1. The minimum atomic E-state index is -3.83. The van der Waals surface area contributed by atoms with Crippen molar-refractivity contribution in [2.24, 2.45) is 0 Å². The molecule has 0 aliphatic carbocycles. The second-order valence-corrected chi connectivity index (χ2v) is 6.35. The molecule has 0 aromatic heterocycles. The molecule has 1 aliphatic rings. The van der Waals surface area contributed by atoms with E-state index in [4.69, 9.17) is 9.84 Å². The van der Waals surface area contributed by atoms with Crippen molar-refractivity contribution in [2.75, 3.05) is 19.7 Å². The van der Waals surface area contributed by atoms with Gasteiger partial charge in [-0.3, -0.25) is 4.79 Å². The summed E-state index contributed by atoms with van der Waals surface area (Å²) in [4.78, 5) is 10.5. The van der Waals surface area contributed by atoms with E-state index in [1.54, 1.807) is 0 Å². The first kappa shape index (κ1) is 14.9. The molecule has 1 N–H and O–H groups in total. The first-order valence-electron chi connectivity index (χ1n) is 5.98. The van der Waals surface area contributed by atoms with Gasteiger partial charge in [-0.25, -0.2) is 12.8 Å². The van der Waals surface area contributed by atoms with Crippen LogP contribution in [0, 0.1) is 5.82 Å². The highest BCUT2D eigenvalue weighted by Gasteiger charge is 2.31. The molecule has 1 aliphatic heterocycles. The third kappa shape index (κ3) is 3.33. The molecule has 1 aromatic rings. The van der Waals surface area contributed by atoms with Gasteiger partial charge in [0.2, 0.25) is 10.0 Å². The van der Waals surface area contributed by atoms with Crippen molar-refractivity contribution in [3.05, 3.63) is 30.1 Å². The van der Waals surface area contributed by atoms with Gasteiger partial charge in [-0.1, -0.05) is 6.07 Å². The van der Waals surface area contributed by atoms with Crippen LogP contribution in [0.3, 0.4) is 0 Å². The van der Waals surface area contributed by atoms with E-state index in [-0.39, 0.29) is 31.0 Å². The summed E-state index contributed by atoms with van der Waals surface area (Å²) >= 11 is 0. The Hall–Kier alpha value is -1.51. The van der Waals surface area contributed by atoms with Gasteiger partial charge in [0.25, 0.3) is 0 Å². The third-order valence-corrected chi connectivity index (χ3v) is 4.80. The van der Waals surface area contributed by atoms with Gasteiger partial charge in [-0.05, 0) is 18.2 Å². The molecular weight excluding hydrogens is 289 g/mol. The van der Waals surface area contributed by atoms with Crippen LogP contribution >= 0.6 is 0 Å². The molecule has 6 nitrogen and oxygen atoms in total. The fourth-order valence-electron chi connectivity index (χ4n) is 2.01. The third-order valence-electron chi connectivity index (χ3n) is 2.94. The van der Waals surface area contributed by atoms with Gasteiger partial charge in [0, 0.05) is 13.1 Å². The second-order valence-electron chi connectivity index (χ2n) is 4.41. The lowest BCUT2D eigenvalue weighted by molar-refractivity contribution is -0.141. The Morgan fingerprint density at radius 1 is 1.50 bits per heavy atom. The number of carboxylic acid groups (broad SMARTS) is 1. The fraction of sp³-hybridized carbons (Fsp3) is 0.417. The Bertz CT molecular complexity index is 604. The van der Waals surface area contributed by atoms with E-state index in [2.05, 4.69) is 0 Å². The highest BCUT2D eigenvalue weighted by atomic mass is 32.2. The van der Waals surface area contributed by atoms with Gasteiger partial charge >= 0.3 is 5.97 Å². The van der Waals surface area contributed by atoms with Crippen LogP contribution in [-0.2, 0) is 19.6 Å². The number of benzene rings is 1. The number of ether oxygens (including phenoxy) is 1. The average Bonchev–Trinajstić information content (AvgIpc) is 2.38. The number of aliphatic carboxylic acids is 1. The molecule has 1 saturated heterocycles. The Balaban J connectivity index is 2.19. The van der Waals surface area contributed by atoms with Crippen molar-refractivity contribution < 1.29 is 27.4 Å². The number of hydrogen-bond acceptors (Lipinski definition) is 4. The van der Waals surface area contributed by atoms with Crippen molar-refractivity contribution in [1.29, 1.82) is 0 Å². The summed E-state index contributed by atoms with van der Waals surface area (Å²) in [7, 11) is -3.83. The predicted octanol–water partition coefficient (Wildman–Crippen LogP) is 0.690. The quantitative estimate of drug-likeness (QED) is 0.884. The first-order valence-corrected chi connectivity index (χ1v) is 7.43. The molecule has 0 saturated carbocycles. The van der Waals surface area contributed by atoms with Crippen LogP contribution in [-0.4, -0.2) is 49.6 Å². The summed E-state index contributed by atoms with van der Waals surface area (Å²) in [5, 5.41) is 8.71. The Kier molecular flexibility index (Phi) is 4.36. The molecule has 0 bridgehead atoms. The first-order chi connectivity index (χ1) is 9.39. The Morgan fingerprint density at radius 3 is 2.90 bits per heavy atom. The van der Waals surface area contributed by atoms with E-state index in [1.807, 2.05) is 0 Å². The fourth-order valence-corrected chi connectivity index (χ4v) is 3.49. The predicted molar refractivity (Wildman–Crippen MR) is 67.2 cm³/mol. The monoisotopic (exact) mass is 303 g/mol. The van der Waals surface area contributed by atoms with E-state index in [0.717, 1.165) is 16.4 Å². The summed E-state index contributed by atoms with van der Waals surface area (Å²) in [6.07, 6.45) is -0.959. The lowest BCUT2D eigenvalue weighted by Crippen LogP contribution is -2.46. The maximum Gasteiger partial charge on any atom is 0.306 e. The van der Waals surface area contributed by atoms with Crippen LogP contribution in [0.2, 0.25) is 0 Å². The molecule has 1 heterocycles. The maximum atomic E-state index is 13.1. The molecule has 1 aromatic carbocycles. The van der Waals surface area contributed by atoms with Crippen molar-refractivity contribution in [1.82, 2.24) is 4.31 Å². The molecule has 20 heavy (non-hydrogen) atoms. The normalized spacial score (nSPS) is 20.8. The van der Waals surface area contributed by atoms with E-state index < -0.39 is 27.9 Å². The van der Waals surface area contributed by atoms with E-state index in [0.29, 0.717) is 0 Å². The van der Waals surface area contributed by atoms with Crippen molar-refractivity contribution in [3.63, 3.8) is 0 Å². The number of carbonyl (C=O) groups is 1. The summed E-state index contributed by atoms with van der Waals surface area (Å²) in [5.41, 5.74) is 0. The number of nitrogens with zero attached hydrogens (tertiary/aromatic N) is 1. The van der Waals surface area contributed by atoms with Crippen LogP contribution in [0.1, 0.15) is 6.42 Å². The van der Waals surface area contributed by atoms with Gasteiger partial charge in [0.05, 0.1) is 24.0 Å². The molecule has 1 fully saturated rings. The lowest BCUT2D eigenvalue weighted by atomic mass is 10.2. The molecule has 0 radical (unpaired) electrons. The smallest absolute Gasteiger partial charge is 0.306 e. The molecule has 2 rings (SSSR count). The molecule has 0 spiro atoms. The largest absolute Gasteiger partial charge is 0.481 e. The number of carboxylic acids is 1. The highest BCUT2D eigenvalue weighted by molar-refractivity contribution is 7.89. The molecular formula is C12H14FNO5S. The topological polar surface area (TPSA) is 83.9 Å². The van der Waals surface area contributed by atoms with Crippen molar-refractivity contribution >= 4 is 16.0 Å². The summed E-state index contributed by atoms with van der Waals surface area (Å²) in [6, 6.07) is 4.72. The molecule has 8 heteroatoms. The van der Waals surface area contributed by atoms with Gasteiger partial charge in [-0.2, -0.15) is 4.31 Å². The Morgan fingerprint density at radius 2 is 2.25 bits per heavy atom. The minimum absolute atomic E-state index is 0.0504. The average molecular weight is 303 g/mol. The van der Waals surface area contributed by atoms with E-state index >= 15 is 0 Å². The van der Waals surface area contributed by atoms with Crippen molar-refractivity contribution in [2.45, 2.75) is 17.4 Å². The van der Waals surface area contributed by atoms with Gasteiger partial charge in [0.1, 0.15) is 5.82 Å². The zero-order valence-corrected chi connectivity index (χ0v) is 11.3. The minimum Gasteiger partial charge on any atom is -0.481 e. The van der Waals surface area contributed by atoms with E-state index in [9.17, 15) is 17.6 Å². The number of rotatable bonds is 4. The van der Waals surface area contributed by atoms with Gasteiger partial charge < -0.3 is 9.84 Å². The summed E-state index contributed by atoms with van der Waals surface area (Å²) < 4.78 is 44.1. The SMILES string of the molecule is O=C(O)CC1CN(S(=O)(=O)c2cccc(F)c2)CCO1. The maximum absolute atomic E-state index is 13.1. The van der Waals surface area contributed by atoms with Crippen LogP contribution in [0.5, 0.6) is 0 Å². The van der Waals surface area contributed by atoms with Crippen molar-refractivity contribution in [3.8, 4) is 0 Å². The zero-order valence-electron chi connectivity index (χ0n) is 10.5. The van der Waals surface area contributed by atoms with E-state index in [1.165, 1.54) is 12.1 Å². The summed E-state index contributed by atoms with van der Waals surface area (Å²) in [5.74, 6) is -1.69. The molecule has 1 atom stereocenters. The van der Waals surface area contributed by atoms with Gasteiger partial charge in [0.15, 0.2) is 0 Å². The molecule has 0 amide bonds. The number of sulfonamides is 1. The lowest BCUT2D eigenvalue weighted by Gasteiger charge is -2.31. The molecule has 110 valence electrons. The Labute approximate surface area is 115 Å². The van der Waals surface area contributed by atoms with Crippen LogP contribution in [0.15, 0.2) is 29.2 Å². The standard InChI is InChI=1S/C12H14FNO5S/c13-9-2-1-3-11(6-9)20(17,18)14-4-5-19-10(8-14)7-12(15)16/h1-3,6,10H,4-5,7-8H2,(H,15,16). The second kappa shape index (κ2) is 5.86. The molecule has 1 unspecified atom stereocenters.